The van der Waals surface area contributed by atoms with Crippen LogP contribution in [0, 0.1) is 0 Å². The minimum atomic E-state index is -0.0352. The van der Waals surface area contributed by atoms with Crippen LogP contribution in [0.15, 0.2) is 36.1 Å². The molecular weight excluding hydrogens is 332 g/mol. The van der Waals surface area contributed by atoms with E-state index in [1.807, 2.05) is 24.0 Å². The maximum absolute atomic E-state index is 12.7. The average Bonchev–Trinajstić information content (AvgIpc) is 3.24. The minimum absolute atomic E-state index is 0.0352. The summed E-state index contributed by atoms with van der Waals surface area (Å²) in [6.07, 6.45) is 8.26. The van der Waals surface area contributed by atoms with E-state index in [4.69, 9.17) is 0 Å². The van der Waals surface area contributed by atoms with Gasteiger partial charge in [0.15, 0.2) is 0 Å². The van der Waals surface area contributed by atoms with Crippen molar-refractivity contribution in [2.75, 3.05) is 19.6 Å². The maximum Gasteiger partial charge on any atom is 0.223 e. The first-order valence-electron chi connectivity index (χ1n) is 9.04. The molecule has 1 amide bonds. The van der Waals surface area contributed by atoms with Crippen molar-refractivity contribution in [1.82, 2.24) is 19.8 Å². The van der Waals surface area contributed by atoms with Crippen LogP contribution in [0.3, 0.4) is 0 Å². The van der Waals surface area contributed by atoms with Gasteiger partial charge in [-0.15, -0.1) is 11.3 Å². The molecule has 4 rings (SSSR count). The SMILES string of the molecule is CCN1C(=O)C[C@@H](c2ccncc2)C12CCN(Cc1nccs1)CC2. The number of hydrogen-bond acceptors (Lipinski definition) is 5. The first kappa shape index (κ1) is 16.7. The number of aromatic nitrogens is 2. The fourth-order valence-corrected chi connectivity index (χ4v) is 5.32. The molecule has 0 saturated carbocycles. The van der Waals surface area contributed by atoms with Crippen molar-refractivity contribution < 1.29 is 4.79 Å². The number of likely N-dealkylation sites (tertiary alicyclic amines) is 2. The highest BCUT2D eigenvalue weighted by atomic mass is 32.1. The van der Waals surface area contributed by atoms with Gasteiger partial charge in [0.05, 0.1) is 12.1 Å². The topological polar surface area (TPSA) is 49.3 Å². The zero-order valence-electron chi connectivity index (χ0n) is 14.6. The third-order valence-electron chi connectivity index (χ3n) is 5.85. The molecule has 2 fully saturated rings. The summed E-state index contributed by atoms with van der Waals surface area (Å²) in [7, 11) is 0. The van der Waals surface area contributed by atoms with Crippen LogP contribution in [0.1, 0.15) is 42.7 Å². The van der Waals surface area contributed by atoms with Gasteiger partial charge in [0.2, 0.25) is 5.91 Å². The third kappa shape index (κ3) is 2.98. The highest BCUT2D eigenvalue weighted by Gasteiger charge is 2.53. The van der Waals surface area contributed by atoms with Gasteiger partial charge in [0.25, 0.3) is 0 Å². The Morgan fingerprint density at radius 1 is 1.24 bits per heavy atom. The molecule has 25 heavy (non-hydrogen) atoms. The van der Waals surface area contributed by atoms with Gasteiger partial charge in [-0.1, -0.05) is 0 Å². The van der Waals surface area contributed by atoms with E-state index in [0.29, 0.717) is 12.3 Å². The molecule has 0 unspecified atom stereocenters. The van der Waals surface area contributed by atoms with E-state index in [1.54, 1.807) is 11.3 Å². The van der Waals surface area contributed by atoms with E-state index in [9.17, 15) is 4.79 Å². The molecule has 0 bridgehead atoms. The normalized spacial score (nSPS) is 23.5. The molecule has 2 aromatic rings. The highest BCUT2D eigenvalue weighted by Crippen LogP contribution is 2.48. The molecule has 1 spiro atoms. The number of rotatable bonds is 4. The first-order chi connectivity index (χ1) is 12.2. The molecule has 4 heterocycles. The number of hydrogen-bond donors (Lipinski definition) is 0. The highest BCUT2D eigenvalue weighted by molar-refractivity contribution is 7.09. The van der Waals surface area contributed by atoms with Crippen molar-refractivity contribution in [3.05, 3.63) is 46.7 Å². The summed E-state index contributed by atoms with van der Waals surface area (Å²) in [4.78, 5) is 25.9. The summed E-state index contributed by atoms with van der Waals surface area (Å²) < 4.78 is 0. The second-order valence-electron chi connectivity index (χ2n) is 6.98. The van der Waals surface area contributed by atoms with E-state index in [0.717, 1.165) is 39.0 Å². The molecular formula is C19H24N4OS. The van der Waals surface area contributed by atoms with Crippen molar-refractivity contribution in [3.8, 4) is 0 Å². The van der Waals surface area contributed by atoms with Crippen molar-refractivity contribution >= 4 is 17.2 Å². The third-order valence-corrected chi connectivity index (χ3v) is 6.62. The maximum atomic E-state index is 12.7. The smallest absolute Gasteiger partial charge is 0.223 e. The van der Waals surface area contributed by atoms with Gasteiger partial charge >= 0.3 is 0 Å². The lowest BCUT2D eigenvalue weighted by molar-refractivity contribution is -0.132. The Morgan fingerprint density at radius 3 is 2.64 bits per heavy atom. The predicted molar refractivity (Wildman–Crippen MR) is 98.3 cm³/mol. The van der Waals surface area contributed by atoms with Crippen LogP contribution in [-0.4, -0.2) is 50.8 Å². The van der Waals surface area contributed by atoms with Gasteiger partial charge in [-0.25, -0.2) is 4.98 Å². The molecule has 0 aliphatic carbocycles. The molecule has 2 saturated heterocycles. The Morgan fingerprint density at radius 2 is 2.00 bits per heavy atom. The van der Waals surface area contributed by atoms with Gasteiger partial charge in [-0.2, -0.15) is 0 Å². The van der Waals surface area contributed by atoms with E-state index in [-0.39, 0.29) is 11.5 Å². The van der Waals surface area contributed by atoms with Crippen LogP contribution in [0.25, 0.3) is 0 Å². The number of likely N-dealkylation sites (N-methyl/N-ethyl adjacent to an activating group) is 1. The number of nitrogens with zero attached hydrogens (tertiary/aromatic N) is 4. The number of pyridine rings is 1. The van der Waals surface area contributed by atoms with Gasteiger partial charge in [-0.05, 0) is 37.5 Å². The first-order valence-corrected chi connectivity index (χ1v) is 9.92. The van der Waals surface area contributed by atoms with Gasteiger partial charge < -0.3 is 4.90 Å². The summed E-state index contributed by atoms with van der Waals surface area (Å²) in [6, 6.07) is 4.17. The number of carbonyl (C=O) groups is 1. The fraction of sp³-hybridized carbons (Fsp3) is 0.526. The minimum Gasteiger partial charge on any atom is -0.337 e. The molecule has 6 heteroatoms. The lowest BCUT2D eigenvalue weighted by atomic mass is 9.74. The monoisotopic (exact) mass is 356 g/mol. The summed E-state index contributed by atoms with van der Waals surface area (Å²) in [5.74, 6) is 0.586. The number of carbonyl (C=O) groups excluding carboxylic acids is 1. The second kappa shape index (κ2) is 6.84. The molecule has 2 aromatic heterocycles. The number of thiazole rings is 1. The molecule has 5 nitrogen and oxygen atoms in total. The van der Waals surface area contributed by atoms with Crippen molar-refractivity contribution in [1.29, 1.82) is 0 Å². The Balaban J connectivity index is 1.56. The summed E-state index contributed by atoms with van der Waals surface area (Å²) in [5.41, 5.74) is 1.22. The van der Waals surface area contributed by atoms with Crippen LogP contribution in [0.5, 0.6) is 0 Å². The van der Waals surface area contributed by atoms with Gasteiger partial charge in [-0.3, -0.25) is 14.7 Å². The second-order valence-corrected chi connectivity index (χ2v) is 7.96. The lowest BCUT2D eigenvalue weighted by Crippen LogP contribution is -2.55. The predicted octanol–water partition coefficient (Wildman–Crippen LogP) is 2.91. The van der Waals surface area contributed by atoms with Crippen LogP contribution < -0.4 is 0 Å². The molecule has 2 aliphatic rings. The van der Waals surface area contributed by atoms with E-state index in [2.05, 4.69) is 38.8 Å². The molecule has 1 atom stereocenters. The van der Waals surface area contributed by atoms with Crippen LogP contribution in [0.4, 0.5) is 0 Å². The molecule has 0 aromatic carbocycles. The molecule has 132 valence electrons. The Hall–Kier alpha value is -1.79. The van der Waals surface area contributed by atoms with Crippen LogP contribution in [-0.2, 0) is 11.3 Å². The van der Waals surface area contributed by atoms with Crippen molar-refractivity contribution in [2.45, 2.75) is 44.2 Å². The van der Waals surface area contributed by atoms with E-state index in [1.165, 1.54) is 10.6 Å². The fourth-order valence-electron chi connectivity index (χ4n) is 4.67. The zero-order chi connectivity index (χ0) is 17.3. The number of piperidine rings is 1. The Kier molecular flexibility index (Phi) is 4.56. The Labute approximate surface area is 152 Å². The van der Waals surface area contributed by atoms with E-state index < -0.39 is 0 Å². The molecule has 0 N–H and O–H groups in total. The lowest BCUT2D eigenvalue weighted by Gasteiger charge is -2.47. The van der Waals surface area contributed by atoms with Gasteiger partial charge in [0.1, 0.15) is 5.01 Å². The summed E-state index contributed by atoms with van der Waals surface area (Å²) in [5, 5.41) is 3.21. The van der Waals surface area contributed by atoms with Crippen molar-refractivity contribution in [2.24, 2.45) is 0 Å². The van der Waals surface area contributed by atoms with Gasteiger partial charge in [0, 0.05) is 55.9 Å². The molecule has 2 aliphatic heterocycles. The average molecular weight is 356 g/mol. The van der Waals surface area contributed by atoms with Crippen LogP contribution >= 0.6 is 11.3 Å². The standard InChI is InChI=1S/C19H24N4OS/c1-2-23-18(24)13-16(15-3-7-20-8-4-15)19(23)5-10-22(11-6-19)14-17-21-9-12-25-17/h3-4,7-9,12,16H,2,5-6,10-11,13-14H2,1H3/t16-/m0/s1. The zero-order valence-corrected chi connectivity index (χ0v) is 15.4. The van der Waals surface area contributed by atoms with E-state index >= 15 is 0 Å². The summed E-state index contributed by atoms with van der Waals surface area (Å²) in [6.45, 7) is 5.87. The van der Waals surface area contributed by atoms with Crippen LogP contribution in [0.2, 0.25) is 0 Å². The molecule has 0 radical (unpaired) electrons. The summed E-state index contributed by atoms with van der Waals surface area (Å²) >= 11 is 1.72. The largest absolute Gasteiger partial charge is 0.337 e. The number of amides is 1. The van der Waals surface area contributed by atoms with Crippen molar-refractivity contribution in [3.63, 3.8) is 0 Å². The Bertz CT molecular complexity index is 710. The quantitative estimate of drug-likeness (QED) is 0.845.